The number of hydrogen-bond acceptors (Lipinski definition) is 5. The van der Waals surface area contributed by atoms with E-state index in [2.05, 4.69) is 10.3 Å². The molecule has 6 nitrogen and oxygen atoms in total. The minimum absolute atomic E-state index is 0.00730. The Balaban J connectivity index is 1.37. The van der Waals surface area contributed by atoms with E-state index in [0.717, 1.165) is 11.6 Å². The summed E-state index contributed by atoms with van der Waals surface area (Å²) in [4.78, 5) is 17.5. The van der Waals surface area contributed by atoms with Gasteiger partial charge in [-0.2, -0.15) is 13.2 Å². The second kappa shape index (κ2) is 10.3. The zero-order valence-corrected chi connectivity index (χ0v) is 18.8. The summed E-state index contributed by atoms with van der Waals surface area (Å²) >= 11 is 0. The lowest BCUT2D eigenvalue weighted by Crippen LogP contribution is -2.50. The Hall–Kier alpha value is -3.66. The van der Waals surface area contributed by atoms with E-state index in [1.54, 1.807) is 17.0 Å². The molecule has 2 aromatic carbocycles. The first-order valence-corrected chi connectivity index (χ1v) is 11.0. The SMILES string of the molecule is CCN1C(=O)COCC1Cc1ccc(Oc2ccc(Nc3ccc(C(F)(F)F)cn3)cc2F)cc1. The van der Waals surface area contributed by atoms with Crippen molar-refractivity contribution in [1.29, 1.82) is 0 Å². The number of halogens is 4. The minimum atomic E-state index is -4.48. The molecule has 1 saturated heterocycles. The van der Waals surface area contributed by atoms with E-state index >= 15 is 0 Å². The van der Waals surface area contributed by atoms with E-state index in [1.807, 2.05) is 19.1 Å². The summed E-state index contributed by atoms with van der Waals surface area (Å²) < 4.78 is 63.5. The molecule has 1 fully saturated rings. The third-order valence-electron chi connectivity index (χ3n) is 5.56. The van der Waals surface area contributed by atoms with Crippen LogP contribution in [0.5, 0.6) is 11.5 Å². The van der Waals surface area contributed by atoms with Crippen molar-refractivity contribution < 1.29 is 31.8 Å². The van der Waals surface area contributed by atoms with Crippen LogP contribution in [0.1, 0.15) is 18.1 Å². The molecule has 4 rings (SSSR count). The number of ether oxygens (including phenoxy) is 2. The van der Waals surface area contributed by atoms with Gasteiger partial charge >= 0.3 is 6.18 Å². The molecular formula is C25H23F4N3O3. The smallest absolute Gasteiger partial charge is 0.417 e. The summed E-state index contributed by atoms with van der Waals surface area (Å²) in [6.07, 6.45) is -3.14. The Morgan fingerprint density at radius 1 is 1.14 bits per heavy atom. The molecule has 0 bridgehead atoms. The highest BCUT2D eigenvalue weighted by atomic mass is 19.4. The number of anilines is 2. The zero-order chi connectivity index (χ0) is 25.0. The van der Waals surface area contributed by atoms with Gasteiger partial charge in [-0.05, 0) is 55.3 Å². The number of aromatic nitrogens is 1. The van der Waals surface area contributed by atoms with Crippen LogP contribution in [0.3, 0.4) is 0 Å². The molecule has 10 heteroatoms. The molecule has 1 aliphatic rings. The highest BCUT2D eigenvalue weighted by molar-refractivity contribution is 5.78. The molecule has 1 aromatic heterocycles. The van der Waals surface area contributed by atoms with Crippen LogP contribution in [0.4, 0.5) is 29.1 Å². The molecule has 1 amide bonds. The fraction of sp³-hybridized carbons (Fsp3) is 0.280. The normalized spacial score (nSPS) is 16.3. The van der Waals surface area contributed by atoms with Gasteiger partial charge in [-0.1, -0.05) is 12.1 Å². The van der Waals surface area contributed by atoms with Gasteiger partial charge in [0.25, 0.3) is 0 Å². The average molecular weight is 489 g/mol. The number of benzene rings is 2. The van der Waals surface area contributed by atoms with Gasteiger partial charge < -0.3 is 19.7 Å². The molecule has 184 valence electrons. The third kappa shape index (κ3) is 6.07. The minimum Gasteiger partial charge on any atom is -0.454 e. The Labute approximate surface area is 199 Å². The first-order valence-electron chi connectivity index (χ1n) is 11.0. The van der Waals surface area contributed by atoms with Crippen LogP contribution in [-0.4, -0.2) is 41.6 Å². The van der Waals surface area contributed by atoms with Crippen molar-refractivity contribution in [2.24, 2.45) is 0 Å². The maximum atomic E-state index is 14.6. The maximum Gasteiger partial charge on any atom is 0.417 e. The highest BCUT2D eigenvalue weighted by Gasteiger charge is 2.30. The Bertz CT molecular complexity index is 1170. The van der Waals surface area contributed by atoms with Crippen LogP contribution in [0.2, 0.25) is 0 Å². The second-order valence-corrected chi connectivity index (χ2v) is 8.00. The predicted molar refractivity (Wildman–Crippen MR) is 121 cm³/mol. The van der Waals surface area contributed by atoms with Gasteiger partial charge in [0, 0.05) is 24.5 Å². The van der Waals surface area contributed by atoms with Crippen LogP contribution >= 0.6 is 0 Å². The topological polar surface area (TPSA) is 63.7 Å². The van der Waals surface area contributed by atoms with Crippen molar-refractivity contribution in [2.45, 2.75) is 25.6 Å². The summed E-state index contributed by atoms with van der Waals surface area (Å²) in [5, 5.41) is 2.76. The number of morpholine rings is 1. The van der Waals surface area contributed by atoms with E-state index in [1.165, 1.54) is 24.3 Å². The van der Waals surface area contributed by atoms with Gasteiger partial charge in [0.2, 0.25) is 5.91 Å². The van der Waals surface area contributed by atoms with Gasteiger partial charge in [-0.25, -0.2) is 9.37 Å². The van der Waals surface area contributed by atoms with Crippen molar-refractivity contribution in [3.8, 4) is 11.5 Å². The lowest BCUT2D eigenvalue weighted by Gasteiger charge is -2.34. The third-order valence-corrected chi connectivity index (χ3v) is 5.56. The van der Waals surface area contributed by atoms with Crippen LogP contribution in [0.15, 0.2) is 60.8 Å². The number of nitrogens with one attached hydrogen (secondary N) is 1. The summed E-state index contributed by atoms with van der Waals surface area (Å²) in [7, 11) is 0. The molecule has 35 heavy (non-hydrogen) atoms. The Morgan fingerprint density at radius 2 is 1.91 bits per heavy atom. The van der Waals surface area contributed by atoms with E-state index in [9.17, 15) is 22.4 Å². The first-order chi connectivity index (χ1) is 16.7. The average Bonchev–Trinajstić information content (AvgIpc) is 2.82. The fourth-order valence-electron chi connectivity index (χ4n) is 3.80. The molecule has 0 aliphatic carbocycles. The fourth-order valence-corrected chi connectivity index (χ4v) is 3.80. The van der Waals surface area contributed by atoms with Gasteiger partial charge in [0.05, 0.1) is 18.2 Å². The summed E-state index contributed by atoms with van der Waals surface area (Å²) in [5.74, 6) is -0.102. The molecule has 0 radical (unpaired) electrons. The number of carbonyl (C=O) groups is 1. The number of hydrogen-bond donors (Lipinski definition) is 1. The number of nitrogens with zero attached hydrogens (tertiary/aromatic N) is 2. The van der Waals surface area contributed by atoms with E-state index < -0.39 is 17.6 Å². The van der Waals surface area contributed by atoms with Crippen LogP contribution < -0.4 is 10.1 Å². The standard InChI is InChI=1S/C25H23F4N3O3/c1-2-32-19(14-34-15-24(32)33)11-16-3-7-20(8-4-16)35-22-9-6-18(12-21(22)26)31-23-10-5-17(13-30-23)25(27,28)29/h3-10,12-13,19H,2,11,14-15H2,1H3,(H,30,31). The zero-order valence-electron chi connectivity index (χ0n) is 18.8. The number of amides is 1. The molecule has 1 aliphatic heterocycles. The van der Waals surface area contributed by atoms with Crippen LogP contribution in [0.25, 0.3) is 0 Å². The van der Waals surface area contributed by atoms with E-state index in [-0.39, 0.29) is 30.1 Å². The Kier molecular flexibility index (Phi) is 7.20. The van der Waals surface area contributed by atoms with Crippen molar-refractivity contribution >= 4 is 17.4 Å². The van der Waals surface area contributed by atoms with Crippen molar-refractivity contribution in [1.82, 2.24) is 9.88 Å². The number of alkyl halides is 3. The van der Waals surface area contributed by atoms with Gasteiger partial charge in [0.15, 0.2) is 11.6 Å². The monoisotopic (exact) mass is 489 g/mol. The van der Waals surface area contributed by atoms with E-state index in [4.69, 9.17) is 9.47 Å². The molecule has 0 saturated carbocycles. The van der Waals surface area contributed by atoms with Crippen molar-refractivity contribution in [3.05, 3.63) is 77.7 Å². The number of carbonyl (C=O) groups excluding carboxylic acids is 1. The van der Waals surface area contributed by atoms with Gasteiger partial charge in [-0.3, -0.25) is 4.79 Å². The quantitative estimate of drug-likeness (QED) is 0.440. The molecular weight excluding hydrogens is 466 g/mol. The van der Waals surface area contributed by atoms with Gasteiger partial charge in [0.1, 0.15) is 18.2 Å². The maximum absolute atomic E-state index is 14.6. The van der Waals surface area contributed by atoms with Crippen LogP contribution in [0, 0.1) is 5.82 Å². The number of pyridine rings is 1. The first kappa shape index (κ1) is 24.5. The van der Waals surface area contributed by atoms with Crippen molar-refractivity contribution in [2.75, 3.05) is 25.1 Å². The van der Waals surface area contributed by atoms with Crippen LogP contribution in [-0.2, 0) is 22.1 Å². The van der Waals surface area contributed by atoms with Gasteiger partial charge in [-0.15, -0.1) is 0 Å². The lowest BCUT2D eigenvalue weighted by atomic mass is 10.0. The number of rotatable bonds is 7. The summed E-state index contributed by atoms with van der Waals surface area (Å²) in [6, 6.07) is 13.3. The summed E-state index contributed by atoms with van der Waals surface area (Å²) in [5.41, 5.74) is 0.428. The lowest BCUT2D eigenvalue weighted by molar-refractivity contribution is -0.147. The molecule has 3 aromatic rings. The second-order valence-electron chi connectivity index (χ2n) is 8.00. The molecule has 1 atom stereocenters. The Morgan fingerprint density at radius 3 is 2.54 bits per heavy atom. The number of likely N-dealkylation sites (N-methyl/N-ethyl adjacent to an activating group) is 1. The molecule has 1 unspecified atom stereocenters. The van der Waals surface area contributed by atoms with Crippen molar-refractivity contribution in [3.63, 3.8) is 0 Å². The molecule has 1 N–H and O–H groups in total. The molecule has 0 spiro atoms. The summed E-state index contributed by atoms with van der Waals surface area (Å²) in [6.45, 7) is 3.14. The predicted octanol–water partition coefficient (Wildman–Crippen LogP) is 5.57. The molecule has 2 heterocycles. The highest BCUT2D eigenvalue weighted by Crippen LogP contribution is 2.31. The van der Waals surface area contributed by atoms with E-state index in [0.29, 0.717) is 37.2 Å². The largest absolute Gasteiger partial charge is 0.454 e.